The van der Waals surface area contributed by atoms with Crippen LogP contribution in [-0.4, -0.2) is 35.2 Å². The van der Waals surface area contributed by atoms with Crippen molar-refractivity contribution in [2.24, 2.45) is 0 Å². The van der Waals surface area contributed by atoms with Crippen LogP contribution in [0.15, 0.2) is 77.4 Å². The lowest BCUT2D eigenvalue weighted by Crippen LogP contribution is -2.44. The third-order valence-corrected chi connectivity index (χ3v) is 4.86. The van der Waals surface area contributed by atoms with Crippen LogP contribution in [0.25, 0.3) is 17.1 Å². The van der Waals surface area contributed by atoms with E-state index in [0.717, 1.165) is 5.69 Å². The third-order valence-electron chi connectivity index (χ3n) is 4.63. The summed E-state index contributed by atoms with van der Waals surface area (Å²) in [4.78, 5) is 24.8. The van der Waals surface area contributed by atoms with E-state index in [-0.39, 0.29) is 12.2 Å². The average molecular weight is 466 g/mol. The lowest BCUT2D eigenvalue weighted by atomic mass is 10.2. The molecule has 2 aromatic carbocycles. The van der Waals surface area contributed by atoms with E-state index < -0.39 is 11.8 Å². The monoisotopic (exact) mass is 465 g/mol. The number of aromatic nitrogens is 2. The molecule has 168 valence electrons. The van der Waals surface area contributed by atoms with Crippen LogP contribution < -0.4 is 20.9 Å². The van der Waals surface area contributed by atoms with Crippen molar-refractivity contribution in [2.45, 2.75) is 0 Å². The van der Waals surface area contributed by atoms with Crippen molar-refractivity contribution in [1.82, 2.24) is 20.6 Å². The number of hydrogen-bond donors (Lipinski definition) is 3. The minimum Gasteiger partial charge on any atom is -0.497 e. The number of benzene rings is 2. The summed E-state index contributed by atoms with van der Waals surface area (Å²) in [6.45, 7) is -0.0405. The maximum Gasteiger partial charge on any atom is 0.290 e. The van der Waals surface area contributed by atoms with Gasteiger partial charge in [0, 0.05) is 16.8 Å². The predicted octanol–water partition coefficient (Wildman–Crippen LogP) is 3.67. The summed E-state index contributed by atoms with van der Waals surface area (Å²) in [6, 6.07) is 19.2. The second-order valence-electron chi connectivity index (χ2n) is 6.87. The molecule has 9 nitrogen and oxygen atoms in total. The number of ether oxygens (including phenoxy) is 1. The van der Waals surface area contributed by atoms with E-state index in [1.165, 1.54) is 6.26 Å². The van der Waals surface area contributed by atoms with E-state index >= 15 is 0 Å². The van der Waals surface area contributed by atoms with Gasteiger partial charge in [0.25, 0.3) is 11.8 Å². The van der Waals surface area contributed by atoms with Gasteiger partial charge in [-0.15, -0.1) is 0 Å². The van der Waals surface area contributed by atoms with E-state index in [1.54, 1.807) is 78.5 Å². The molecule has 10 heteroatoms. The van der Waals surface area contributed by atoms with E-state index in [4.69, 9.17) is 20.8 Å². The second-order valence-corrected chi connectivity index (χ2v) is 7.30. The summed E-state index contributed by atoms with van der Waals surface area (Å²) >= 11 is 6.11. The van der Waals surface area contributed by atoms with Gasteiger partial charge in [0.1, 0.15) is 11.4 Å². The molecular weight excluding hydrogens is 446 g/mol. The number of amides is 2. The minimum atomic E-state index is -0.582. The highest BCUT2D eigenvalue weighted by atomic mass is 35.5. The number of nitrogens with one attached hydrogen (secondary N) is 3. The molecule has 0 spiro atoms. The van der Waals surface area contributed by atoms with Crippen LogP contribution in [0, 0.1) is 0 Å². The van der Waals surface area contributed by atoms with Gasteiger partial charge in [-0.3, -0.25) is 20.4 Å². The number of hydrogen-bond acceptors (Lipinski definition) is 6. The first kappa shape index (κ1) is 22.0. The summed E-state index contributed by atoms with van der Waals surface area (Å²) in [6.07, 6.45) is 1.53. The summed E-state index contributed by atoms with van der Waals surface area (Å²) in [7, 11) is 1.58. The molecule has 3 N–H and O–H groups in total. The van der Waals surface area contributed by atoms with Gasteiger partial charge in [-0.25, -0.2) is 4.68 Å². The lowest BCUT2D eigenvalue weighted by Gasteiger charge is -2.09. The summed E-state index contributed by atoms with van der Waals surface area (Å²) < 4.78 is 12.1. The summed E-state index contributed by atoms with van der Waals surface area (Å²) in [5.74, 6) is 0.221. The Morgan fingerprint density at radius 1 is 1.06 bits per heavy atom. The zero-order valence-corrected chi connectivity index (χ0v) is 18.3. The van der Waals surface area contributed by atoms with Crippen molar-refractivity contribution < 1.29 is 18.7 Å². The number of furan rings is 1. The molecular formula is C23H20ClN5O4. The molecule has 0 aliphatic carbocycles. The van der Waals surface area contributed by atoms with Crippen LogP contribution in [0.3, 0.4) is 0 Å². The van der Waals surface area contributed by atoms with Gasteiger partial charge in [-0.2, -0.15) is 5.10 Å². The van der Waals surface area contributed by atoms with Crippen LogP contribution in [0.1, 0.15) is 10.5 Å². The SMILES string of the molecule is COc1ccc(NCC(=O)NNC(=O)c2cc(-c3ccco3)n(-c3cccc(Cl)c3)n2)cc1. The zero-order chi connectivity index (χ0) is 23.2. The van der Waals surface area contributed by atoms with Gasteiger partial charge in [0.05, 0.1) is 25.6 Å². The fourth-order valence-electron chi connectivity index (χ4n) is 3.02. The maximum atomic E-state index is 12.6. The molecule has 4 rings (SSSR count). The minimum absolute atomic E-state index is 0.0405. The quantitative estimate of drug-likeness (QED) is 0.359. The molecule has 2 heterocycles. The average Bonchev–Trinajstić information content (AvgIpc) is 3.51. The van der Waals surface area contributed by atoms with Crippen molar-refractivity contribution in [1.29, 1.82) is 0 Å². The Kier molecular flexibility index (Phi) is 6.61. The normalized spacial score (nSPS) is 10.5. The summed E-state index contributed by atoms with van der Waals surface area (Å²) in [5, 5.41) is 7.85. The maximum absolute atomic E-state index is 12.6. The molecule has 0 unspecified atom stereocenters. The van der Waals surface area contributed by atoms with Gasteiger partial charge >= 0.3 is 0 Å². The summed E-state index contributed by atoms with van der Waals surface area (Å²) in [5.41, 5.74) is 6.77. The Bertz CT molecular complexity index is 1250. The van der Waals surface area contributed by atoms with Crippen molar-refractivity contribution in [2.75, 3.05) is 19.0 Å². The Morgan fingerprint density at radius 2 is 1.88 bits per heavy atom. The predicted molar refractivity (Wildman–Crippen MR) is 123 cm³/mol. The smallest absolute Gasteiger partial charge is 0.290 e. The van der Waals surface area contributed by atoms with E-state index in [1.807, 2.05) is 0 Å². The Morgan fingerprint density at radius 3 is 2.58 bits per heavy atom. The Hall–Kier alpha value is -4.24. The first-order valence-electron chi connectivity index (χ1n) is 9.90. The van der Waals surface area contributed by atoms with Crippen molar-refractivity contribution in [3.8, 4) is 22.9 Å². The molecule has 0 atom stereocenters. The standard InChI is InChI=1S/C23H20ClN5O4/c1-32-18-9-7-16(8-10-18)25-14-22(30)26-27-23(31)19-13-20(21-6-3-11-33-21)29(28-19)17-5-2-4-15(24)12-17/h2-13,25H,14H2,1H3,(H,26,30)(H,27,31). The number of carbonyl (C=O) groups excluding carboxylic acids is 2. The number of halogens is 1. The topological polar surface area (TPSA) is 110 Å². The first-order valence-corrected chi connectivity index (χ1v) is 10.3. The van der Waals surface area contributed by atoms with E-state index in [0.29, 0.717) is 27.9 Å². The number of methoxy groups -OCH3 is 1. The number of rotatable bonds is 7. The Labute approximate surface area is 194 Å². The second kappa shape index (κ2) is 9.92. The first-order chi connectivity index (χ1) is 16.0. The van der Waals surface area contributed by atoms with Crippen LogP contribution >= 0.6 is 11.6 Å². The number of anilines is 1. The molecule has 33 heavy (non-hydrogen) atoms. The zero-order valence-electron chi connectivity index (χ0n) is 17.5. The number of carbonyl (C=O) groups is 2. The largest absolute Gasteiger partial charge is 0.497 e. The van der Waals surface area contributed by atoms with Crippen LogP contribution in [0.5, 0.6) is 5.75 Å². The molecule has 2 amide bonds. The highest BCUT2D eigenvalue weighted by Gasteiger charge is 2.19. The van der Waals surface area contributed by atoms with Gasteiger partial charge in [-0.1, -0.05) is 17.7 Å². The molecule has 2 aromatic heterocycles. The highest BCUT2D eigenvalue weighted by molar-refractivity contribution is 6.30. The van der Waals surface area contributed by atoms with Crippen LogP contribution in [0.4, 0.5) is 5.69 Å². The molecule has 0 aliphatic heterocycles. The molecule has 0 fully saturated rings. The van der Waals surface area contributed by atoms with Gasteiger partial charge in [0.2, 0.25) is 0 Å². The van der Waals surface area contributed by atoms with Crippen LogP contribution in [-0.2, 0) is 4.79 Å². The molecule has 0 radical (unpaired) electrons. The van der Waals surface area contributed by atoms with Crippen LogP contribution in [0.2, 0.25) is 5.02 Å². The van der Waals surface area contributed by atoms with Crippen molar-refractivity contribution in [3.05, 3.63) is 83.7 Å². The molecule has 0 saturated carbocycles. The third kappa shape index (κ3) is 5.34. The highest BCUT2D eigenvalue weighted by Crippen LogP contribution is 2.25. The lowest BCUT2D eigenvalue weighted by molar-refractivity contribution is -0.120. The fraction of sp³-hybridized carbons (Fsp3) is 0.0870. The van der Waals surface area contributed by atoms with E-state index in [2.05, 4.69) is 21.3 Å². The van der Waals surface area contributed by atoms with Gasteiger partial charge < -0.3 is 14.5 Å². The fourth-order valence-corrected chi connectivity index (χ4v) is 3.21. The molecule has 4 aromatic rings. The van der Waals surface area contributed by atoms with E-state index in [9.17, 15) is 9.59 Å². The van der Waals surface area contributed by atoms with Gasteiger partial charge in [-0.05, 0) is 54.6 Å². The van der Waals surface area contributed by atoms with Crippen molar-refractivity contribution >= 4 is 29.1 Å². The number of nitrogens with zero attached hydrogens (tertiary/aromatic N) is 2. The molecule has 0 bridgehead atoms. The van der Waals surface area contributed by atoms with Crippen molar-refractivity contribution in [3.63, 3.8) is 0 Å². The number of hydrazine groups is 1. The molecule has 0 aliphatic rings. The molecule has 0 saturated heterocycles. The van der Waals surface area contributed by atoms with Gasteiger partial charge in [0.15, 0.2) is 11.5 Å². The Balaban J connectivity index is 1.42.